The number of hydrogen-bond donors (Lipinski definition) is 2. The van der Waals surface area contributed by atoms with Crippen molar-refractivity contribution in [1.29, 1.82) is 0 Å². The quantitative estimate of drug-likeness (QED) is 0.803. The number of benzene rings is 1. The van der Waals surface area contributed by atoms with Crippen LogP contribution in [-0.4, -0.2) is 24.2 Å². The van der Waals surface area contributed by atoms with Gasteiger partial charge in [0, 0.05) is 6.04 Å². The largest absolute Gasteiger partial charge is 0.504 e. The standard InChI is InChI=1S/C19H29NO3/c1-3-4-5-14-6-9-16(10-7-14)20-19(22)13-15-8-11-17(21)18(12-15)23-2/h8,11-12,14,16,21H,3-7,9-10,13H2,1-2H3,(H,20,22). The van der Waals surface area contributed by atoms with Crippen molar-refractivity contribution in [1.82, 2.24) is 5.32 Å². The average molecular weight is 319 g/mol. The summed E-state index contributed by atoms with van der Waals surface area (Å²) in [5.41, 5.74) is 0.855. The van der Waals surface area contributed by atoms with Crippen LogP contribution in [0, 0.1) is 5.92 Å². The second-order valence-electron chi connectivity index (χ2n) is 6.61. The zero-order chi connectivity index (χ0) is 16.7. The number of rotatable bonds is 7. The van der Waals surface area contributed by atoms with Gasteiger partial charge >= 0.3 is 0 Å². The zero-order valence-corrected chi connectivity index (χ0v) is 14.3. The number of carbonyl (C=O) groups is 1. The molecule has 1 saturated carbocycles. The molecule has 4 heteroatoms. The lowest BCUT2D eigenvalue weighted by atomic mass is 9.83. The molecule has 1 aromatic carbocycles. The molecule has 0 aromatic heterocycles. The number of unbranched alkanes of at least 4 members (excludes halogenated alkanes) is 1. The number of ether oxygens (including phenoxy) is 1. The van der Waals surface area contributed by atoms with Crippen molar-refractivity contribution < 1.29 is 14.6 Å². The highest BCUT2D eigenvalue weighted by Gasteiger charge is 2.22. The summed E-state index contributed by atoms with van der Waals surface area (Å²) in [6, 6.07) is 5.37. The van der Waals surface area contributed by atoms with Crippen molar-refractivity contribution >= 4 is 5.91 Å². The molecule has 23 heavy (non-hydrogen) atoms. The lowest BCUT2D eigenvalue weighted by Gasteiger charge is -2.29. The minimum absolute atomic E-state index is 0.0507. The molecule has 0 unspecified atom stereocenters. The van der Waals surface area contributed by atoms with Crippen LogP contribution in [0.5, 0.6) is 11.5 Å². The molecule has 1 amide bonds. The van der Waals surface area contributed by atoms with Gasteiger partial charge in [-0.3, -0.25) is 4.79 Å². The van der Waals surface area contributed by atoms with E-state index in [1.165, 1.54) is 39.2 Å². The van der Waals surface area contributed by atoms with Gasteiger partial charge in [-0.15, -0.1) is 0 Å². The fraction of sp³-hybridized carbons (Fsp3) is 0.632. The number of hydrogen-bond acceptors (Lipinski definition) is 3. The van der Waals surface area contributed by atoms with E-state index in [0.29, 0.717) is 18.2 Å². The van der Waals surface area contributed by atoms with E-state index in [0.717, 1.165) is 24.3 Å². The summed E-state index contributed by atoms with van der Waals surface area (Å²) >= 11 is 0. The van der Waals surface area contributed by atoms with Crippen molar-refractivity contribution in [3.63, 3.8) is 0 Å². The lowest BCUT2D eigenvalue weighted by molar-refractivity contribution is -0.121. The van der Waals surface area contributed by atoms with Crippen LogP contribution in [0.3, 0.4) is 0 Å². The van der Waals surface area contributed by atoms with Gasteiger partial charge in [-0.2, -0.15) is 0 Å². The second kappa shape index (κ2) is 8.80. The third-order valence-corrected chi connectivity index (χ3v) is 4.79. The van der Waals surface area contributed by atoms with Gasteiger partial charge in [0.25, 0.3) is 0 Å². The van der Waals surface area contributed by atoms with E-state index in [4.69, 9.17) is 4.74 Å². The highest BCUT2D eigenvalue weighted by atomic mass is 16.5. The van der Waals surface area contributed by atoms with Gasteiger partial charge < -0.3 is 15.2 Å². The van der Waals surface area contributed by atoms with Crippen LogP contribution in [0.2, 0.25) is 0 Å². The summed E-state index contributed by atoms with van der Waals surface area (Å²) < 4.78 is 5.08. The second-order valence-corrected chi connectivity index (χ2v) is 6.61. The van der Waals surface area contributed by atoms with Crippen LogP contribution in [0.1, 0.15) is 57.4 Å². The molecule has 2 N–H and O–H groups in total. The topological polar surface area (TPSA) is 58.6 Å². The van der Waals surface area contributed by atoms with Crippen LogP contribution in [0.25, 0.3) is 0 Å². The molecular formula is C19H29NO3. The number of carbonyl (C=O) groups excluding carboxylic acids is 1. The molecule has 1 aromatic rings. The van der Waals surface area contributed by atoms with Crippen molar-refractivity contribution in [2.75, 3.05) is 7.11 Å². The van der Waals surface area contributed by atoms with E-state index in [9.17, 15) is 9.90 Å². The van der Waals surface area contributed by atoms with Crippen LogP contribution in [0.4, 0.5) is 0 Å². The molecule has 1 fully saturated rings. The van der Waals surface area contributed by atoms with Crippen LogP contribution in [0.15, 0.2) is 18.2 Å². The maximum Gasteiger partial charge on any atom is 0.224 e. The summed E-state index contributed by atoms with van der Waals surface area (Å²) in [7, 11) is 1.51. The Labute approximate surface area is 139 Å². The predicted octanol–water partition coefficient (Wildman–Crippen LogP) is 3.81. The maximum absolute atomic E-state index is 12.2. The molecule has 1 aliphatic rings. The average Bonchev–Trinajstić information content (AvgIpc) is 2.56. The van der Waals surface area contributed by atoms with E-state index >= 15 is 0 Å². The number of phenols is 1. The first-order valence-corrected chi connectivity index (χ1v) is 8.77. The first kappa shape index (κ1) is 17.6. The minimum Gasteiger partial charge on any atom is -0.504 e. The van der Waals surface area contributed by atoms with Crippen molar-refractivity contribution in [3.8, 4) is 11.5 Å². The predicted molar refractivity (Wildman–Crippen MR) is 91.8 cm³/mol. The highest BCUT2D eigenvalue weighted by Crippen LogP contribution is 2.29. The molecule has 0 radical (unpaired) electrons. The highest BCUT2D eigenvalue weighted by molar-refractivity contribution is 5.79. The number of aromatic hydroxyl groups is 1. The third kappa shape index (κ3) is 5.45. The summed E-state index contributed by atoms with van der Waals surface area (Å²) in [6.07, 6.45) is 8.92. The van der Waals surface area contributed by atoms with E-state index in [1.54, 1.807) is 18.2 Å². The Kier molecular flexibility index (Phi) is 6.75. The van der Waals surface area contributed by atoms with Gasteiger partial charge in [0.1, 0.15) is 0 Å². The van der Waals surface area contributed by atoms with Crippen molar-refractivity contribution in [3.05, 3.63) is 23.8 Å². The van der Waals surface area contributed by atoms with Gasteiger partial charge in [0.2, 0.25) is 5.91 Å². The minimum atomic E-state index is 0.0507. The SMILES string of the molecule is CCCCC1CCC(NC(=O)Cc2ccc(O)c(OC)c2)CC1. The summed E-state index contributed by atoms with van der Waals surface area (Å²) in [4.78, 5) is 12.2. The number of methoxy groups -OCH3 is 1. The van der Waals surface area contributed by atoms with Gasteiger partial charge in [-0.25, -0.2) is 0 Å². The smallest absolute Gasteiger partial charge is 0.224 e. The van der Waals surface area contributed by atoms with E-state index < -0.39 is 0 Å². The lowest BCUT2D eigenvalue weighted by Crippen LogP contribution is -2.38. The van der Waals surface area contributed by atoms with Crippen LogP contribution < -0.4 is 10.1 Å². The normalized spacial score (nSPS) is 21.0. The van der Waals surface area contributed by atoms with Crippen LogP contribution >= 0.6 is 0 Å². The molecule has 0 saturated heterocycles. The molecule has 0 bridgehead atoms. The number of nitrogens with one attached hydrogen (secondary N) is 1. The molecule has 0 heterocycles. The summed E-state index contributed by atoms with van der Waals surface area (Å²) in [5.74, 6) is 1.41. The van der Waals surface area contributed by atoms with Crippen molar-refractivity contribution in [2.45, 2.75) is 64.3 Å². The molecule has 128 valence electrons. The molecule has 0 atom stereocenters. The monoisotopic (exact) mass is 319 g/mol. The van der Waals surface area contributed by atoms with Gasteiger partial charge in [-0.05, 0) is 49.3 Å². The van der Waals surface area contributed by atoms with E-state index in [1.807, 2.05) is 0 Å². The number of phenolic OH excluding ortho intramolecular Hbond substituents is 1. The Morgan fingerprint density at radius 1 is 1.30 bits per heavy atom. The number of amides is 1. The Hall–Kier alpha value is -1.71. The van der Waals surface area contributed by atoms with Gasteiger partial charge in [-0.1, -0.05) is 32.3 Å². The first-order chi connectivity index (χ1) is 11.1. The Bertz CT molecular complexity index is 507. The molecule has 0 spiro atoms. The van der Waals surface area contributed by atoms with E-state index in [-0.39, 0.29) is 11.7 Å². The Balaban J connectivity index is 1.77. The summed E-state index contributed by atoms with van der Waals surface area (Å²) in [6.45, 7) is 2.24. The fourth-order valence-corrected chi connectivity index (χ4v) is 3.38. The van der Waals surface area contributed by atoms with Gasteiger partial charge in [0.15, 0.2) is 11.5 Å². The molecular weight excluding hydrogens is 290 g/mol. The zero-order valence-electron chi connectivity index (χ0n) is 14.3. The first-order valence-electron chi connectivity index (χ1n) is 8.77. The molecule has 2 rings (SSSR count). The molecule has 4 nitrogen and oxygen atoms in total. The van der Waals surface area contributed by atoms with Gasteiger partial charge in [0.05, 0.1) is 13.5 Å². The molecule has 0 aliphatic heterocycles. The summed E-state index contributed by atoms with van der Waals surface area (Å²) in [5, 5.41) is 12.7. The maximum atomic E-state index is 12.2. The van der Waals surface area contributed by atoms with E-state index in [2.05, 4.69) is 12.2 Å². The fourth-order valence-electron chi connectivity index (χ4n) is 3.38. The Morgan fingerprint density at radius 2 is 2.04 bits per heavy atom. The Morgan fingerprint density at radius 3 is 2.70 bits per heavy atom. The third-order valence-electron chi connectivity index (χ3n) is 4.79. The van der Waals surface area contributed by atoms with Crippen LogP contribution in [-0.2, 0) is 11.2 Å². The molecule has 1 aliphatic carbocycles. The van der Waals surface area contributed by atoms with Crippen molar-refractivity contribution in [2.24, 2.45) is 5.92 Å².